The van der Waals surface area contributed by atoms with Crippen molar-refractivity contribution in [1.29, 1.82) is 0 Å². The van der Waals surface area contributed by atoms with Crippen molar-refractivity contribution in [3.8, 4) is 0 Å². The Labute approximate surface area is 91.6 Å². The molecule has 0 heteroatoms. The van der Waals surface area contributed by atoms with E-state index in [9.17, 15) is 0 Å². The van der Waals surface area contributed by atoms with Crippen molar-refractivity contribution in [2.45, 2.75) is 20.3 Å². The van der Waals surface area contributed by atoms with Gasteiger partial charge in [0.15, 0.2) is 0 Å². The van der Waals surface area contributed by atoms with Gasteiger partial charge in [0.1, 0.15) is 0 Å². The van der Waals surface area contributed by atoms with Crippen LogP contribution in [-0.4, -0.2) is 0 Å². The SMILES string of the molecule is C=C(C)/C=C1/Cc2cc(C)ccc2C1=C. The maximum atomic E-state index is 4.15. The van der Waals surface area contributed by atoms with Crippen molar-refractivity contribution in [3.63, 3.8) is 0 Å². The van der Waals surface area contributed by atoms with E-state index in [1.165, 1.54) is 22.3 Å². The molecule has 2 rings (SSSR count). The van der Waals surface area contributed by atoms with Crippen LogP contribution in [0.5, 0.6) is 0 Å². The zero-order chi connectivity index (χ0) is 11.0. The maximum Gasteiger partial charge on any atom is -0.00135 e. The second-order valence-corrected chi connectivity index (χ2v) is 4.33. The molecule has 0 unspecified atom stereocenters. The predicted molar refractivity (Wildman–Crippen MR) is 66.8 cm³/mol. The highest BCUT2D eigenvalue weighted by Crippen LogP contribution is 2.36. The molecule has 0 spiro atoms. The Balaban J connectivity index is 2.46. The van der Waals surface area contributed by atoms with E-state index in [-0.39, 0.29) is 0 Å². The number of aryl methyl sites for hydroxylation is 1. The smallest absolute Gasteiger partial charge is 0.00135 e. The molecule has 15 heavy (non-hydrogen) atoms. The summed E-state index contributed by atoms with van der Waals surface area (Å²) in [6.07, 6.45) is 3.14. The van der Waals surface area contributed by atoms with Gasteiger partial charge in [-0.15, -0.1) is 0 Å². The first kappa shape index (κ1) is 9.97. The quantitative estimate of drug-likeness (QED) is 0.635. The van der Waals surface area contributed by atoms with Gasteiger partial charge in [-0.3, -0.25) is 0 Å². The summed E-state index contributed by atoms with van der Waals surface area (Å²) in [4.78, 5) is 0. The highest BCUT2D eigenvalue weighted by Gasteiger charge is 2.18. The third-order valence-electron chi connectivity index (χ3n) is 2.78. The molecule has 0 atom stereocenters. The van der Waals surface area contributed by atoms with E-state index in [4.69, 9.17) is 0 Å². The van der Waals surface area contributed by atoms with Gasteiger partial charge >= 0.3 is 0 Å². The monoisotopic (exact) mass is 196 g/mol. The minimum atomic E-state index is 1.00. The van der Waals surface area contributed by atoms with Crippen molar-refractivity contribution in [3.05, 3.63) is 65.3 Å². The minimum Gasteiger partial charge on any atom is -0.0961 e. The molecule has 0 fully saturated rings. The van der Waals surface area contributed by atoms with Crippen molar-refractivity contribution < 1.29 is 0 Å². The molecule has 1 aromatic rings. The topological polar surface area (TPSA) is 0 Å². The molecule has 1 aliphatic carbocycles. The van der Waals surface area contributed by atoms with Crippen LogP contribution >= 0.6 is 0 Å². The lowest BCUT2D eigenvalue weighted by Gasteiger charge is -2.00. The third-order valence-corrected chi connectivity index (χ3v) is 2.78. The fourth-order valence-electron chi connectivity index (χ4n) is 2.08. The predicted octanol–water partition coefficient (Wildman–Crippen LogP) is 4.07. The van der Waals surface area contributed by atoms with Gasteiger partial charge in [0.25, 0.3) is 0 Å². The number of benzene rings is 1. The first-order valence-corrected chi connectivity index (χ1v) is 5.23. The Morgan fingerprint density at radius 3 is 2.80 bits per heavy atom. The Bertz CT molecular complexity index is 473. The van der Waals surface area contributed by atoms with Crippen LogP contribution in [0.1, 0.15) is 23.6 Å². The van der Waals surface area contributed by atoms with Crippen molar-refractivity contribution in [1.82, 2.24) is 0 Å². The summed E-state index contributed by atoms with van der Waals surface area (Å²) in [7, 11) is 0. The van der Waals surface area contributed by atoms with Crippen LogP contribution in [0, 0.1) is 6.92 Å². The van der Waals surface area contributed by atoms with Crippen LogP contribution in [0.25, 0.3) is 5.57 Å². The molecule has 0 saturated heterocycles. The van der Waals surface area contributed by atoms with Gasteiger partial charge in [0.05, 0.1) is 0 Å². The molecule has 0 amide bonds. The molecule has 0 radical (unpaired) electrons. The second-order valence-electron chi connectivity index (χ2n) is 4.33. The summed E-state index contributed by atoms with van der Waals surface area (Å²) in [6.45, 7) is 12.2. The van der Waals surface area contributed by atoms with Crippen LogP contribution in [0.3, 0.4) is 0 Å². The van der Waals surface area contributed by atoms with Crippen molar-refractivity contribution in [2.75, 3.05) is 0 Å². The molecule has 76 valence electrons. The summed E-state index contributed by atoms with van der Waals surface area (Å²) >= 11 is 0. The molecule has 0 aliphatic heterocycles. The van der Waals surface area contributed by atoms with E-state index in [1.807, 2.05) is 6.92 Å². The number of hydrogen-bond donors (Lipinski definition) is 0. The van der Waals surface area contributed by atoms with E-state index in [1.54, 1.807) is 0 Å². The Morgan fingerprint density at radius 1 is 1.40 bits per heavy atom. The van der Waals surface area contributed by atoms with Gasteiger partial charge in [0, 0.05) is 0 Å². The minimum absolute atomic E-state index is 1.00. The molecular weight excluding hydrogens is 180 g/mol. The Hall–Kier alpha value is -1.56. The van der Waals surface area contributed by atoms with E-state index in [2.05, 4.69) is 44.4 Å². The van der Waals surface area contributed by atoms with Gasteiger partial charge in [-0.05, 0) is 42.5 Å². The maximum absolute atomic E-state index is 4.15. The standard InChI is InChI=1S/C15H16/c1-10(2)7-13-9-14-8-11(3)5-6-15(14)12(13)4/h5-8H,1,4,9H2,2-3H3/b13-7-. The van der Waals surface area contributed by atoms with E-state index >= 15 is 0 Å². The highest BCUT2D eigenvalue weighted by molar-refractivity contribution is 5.85. The zero-order valence-electron chi connectivity index (χ0n) is 9.43. The van der Waals surface area contributed by atoms with Crippen LogP contribution < -0.4 is 0 Å². The lowest BCUT2D eigenvalue weighted by molar-refractivity contribution is 1.24. The van der Waals surface area contributed by atoms with Crippen molar-refractivity contribution >= 4 is 5.57 Å². The van der Waals surface area contributed by atoms with Crippen molar-refractivity contribution in [2.24, 2.45) is 0 Å². The normalized spacial score (nSPS) is 16.9. The first-order chi connectivity index (χ1) is 7.08. The van der Waals surface area contributed by atoms with Crippen LogP contribution in [-0.2, 0) is 6.42 Å². The van der Waals surface area contributed by atoms with Crippen LogP contribution in [0.4, 0.5) is 0 Å². The Morgan fingerprint density at radius 2 is 2.13 bits per heavy atom. The summed E-state index contributed by atoms with van der Waals surface area (Å²) in [6, 6.07) is 6.57. The van der Waals surface area contributed by atoms with E-state index in [0.717, 1.165) is 17.6 Å². The van der Waals surface area contributed by atoms with Gasteiger partial charge in [-0.25, -0.2) is 0 Å². The molecular formula is C15H16. The third kappa shape index (κ3) is 1.80. The van der Waals surface area contributed by atoms with Gasteiger partial charge < -0.3 is 0 Å². The molecule has 0 N–H and O–H groups in total. The highest BCUT2D eigenvalue weighted by atomic mass is 14.2. The van der Waals surface area contributed by atoms with E-state index < -0.39 is 0 Å². The Kier molecular flexibility index (Phi) is 2.36. The average molecular weight is 196 g/mol. The first-order valence-electron chi connectivity index (χ1n) is 5.23. The molecule has 0 heterocycles. The summed E-state index contributed by atoms with van der Waals surface area (Å²) < 4.78 is 0. The van der Waals surface area contributed by atoms with Gasteiger partial charge in [-0.1, -0.05) is 48.6 Å². The van der Waals surface area contributed by atoms with Gasteiger partial charge in [0.2, 0.25) is 0 Å². The fourth-order valence-corrected chi connectivity index (χ4v) is 2.08. The molecule has 0 nitrogen and oxygen atoms in total. The van der Waals surface area contributed by atoms with Crippen LogP contribution in [0.2, 0.25) is 0 Å². The molecule has 0 aromatic heterocycles. The molecule has 0 saturated carbocycles. The molecule has 1 aliphatic rings. The number of rotatable bonds is 1. The van der Waals surface area contributed by atoms with E-state index in [0.29, 0.717) is 0 Å². The van der Waals surface area contributed by atoms with Crippen LogP contribution in [0.15, 0.2) is 48.6 Å². The molecule has 1 aromatic carbocycles. The van der Waals surface area contributed by atoms with Gasteiger partial charge in [-0.2, -0.15) is 0 Å². The number of fused-ring (bicyclic) bond motifs is 1. The molecule has 0 bridgehead atoms. The number of hydrogen-bond acceptors (Lipinski definition) is 0. The average Bonchev–Trinajstić information content (AvgIpc) is 2.42. The largest absolute Gasteiger partial charge is 0.0961 e. The lowest BCUT2D eigenvalue weighted by atomic mass is 10.1. The number of allylic oxidation sites excluding steroid dienone is 4. The fraction of sp³-hybridized carbons (Fsp3) is 0.200. The lowest BCUT2D eigenvalue weighted by Crippen LogP contribution is -1.81. The summed E-state index contributed by atoms with van der Waals surface area (Å²) in [5.74, 6) is 0. The summed E-state index contributed by atoms with van der Waals surface area (Å²) in [5, 5.41) is 0. The summed E-state index contributed by atoms with van der Waals surface area (Å²) in [5.41, 5.74) is 7.57. The second kappa shape index (κ2) is 3.54. The zero-order valence-corrected chi connectivity index (χ0v) is 9.43.